The Labute approximate surface area is 120 Å². The predicted molar refractivity (Wildman–Crippen MR) is 77.2 cm³/mol. The van der Waals surface area contributed by atoms with Gasteiger partial charge in [-0.1, -0.05) is 26.8 Å². The van der Waals surface area contributed by atoms with Crippen LogP contribution in [-0.2, 0) is 14.3 Å². The molecular formula is C16H24O4. The Morgan fingerprint density at radius 3 is 2.60 bits per heavy atom. The highest BCUT2D eigenvalue weighted by Gasteiger charge is 2.24. The van der Waals surface area contributed by atoms with Gasteiger partial charge in [-0.05, 0) is 42.2 Å². The van der Waals surface area contributed by atoms with Crippen molar-refractivity contribution in [2.75, 3.05) is 7.11 Å². The smallest absolute Gasteiger partial charge is 0.334 e. The monoisotopic (exact) mass is 280 g/mol. The molecule has 4 heteroatoms. The largest absolute Gasteiger partial charge is 0.481 e. The molecule has 0 saturated heterocycles. The van der Waals surface area contributed by atoms with Gasteiger partial charge in [0.05, 0.1) is 13.5 Å². The van der Waals surface area contributed by atoms with E-state index in [0.717, 1.165) is 18.4 Å². The number of carboxylic acid groups (broad SMARTS) is 1. The summed E-state index contributed by atoms with van der Waals surface area (Å²) in [5, 5.41) is 8.92. The summed E-state index contributed by atoms with van der Waals surface area (Å²) in [6.45, 7) is 6.44. The van der Waals surface area contributed by atoms with E-state index >= 15 is 0 Å². The second-order valence-electron chi connectivity index (χ2n) is 5.80. The van der Waals surface area contributed by atoms with E-state index in [9.17, 15) is 9.59 Å². The summed E-state index contributed by atoms with van der Waals surface area (Å²) in [6, 6.07) is 0. The van der Waals surface area contributed by atoms with E-state index in [1.54, 1.807) is 6.08 Å². The number of carbonyl (C=O) groups is 2. The summed E-state index contributed by atoms with van der Waals surface area (Å²) < 4.78 is 4.68. The van der Waals surface area contributed by atoms with Crippen LogP contribution in [0.15, 0.2) is 23.3 Å². The molecule has 1 aliphatic rings. The van der Waals surface area contributed by atoms with Crippen LogP contribution in [0.4, 0.5) is 0 Å². The van der Waals surface area contributed by atoms with Crippen LogP contribution in [0.1, 0.15) is 40.0 Å². The summed E-state index contributed by atoms with van der Waals surface area (Å²) in [5.41, 5.74) is 1.28. The molecule has 1 N–H and O–H groups in total. The first-order chi connectivity index (χ1) is 9.35. The highest BCUT2D eigenvalue weighted by Crippen LogP contribution is 2.35. The average molecular weight is 280 g/mol. The fraction of sp³-hybridized carbons (Fsp3) is 0.625. The molecule has 0 bridgehead atoms. The molecule has 0 fully saturated rings. The van der Waals surface area contributed by atoms with Crippen molar-refractivity contribution in [3.8, 4) is 0 Å². The van der Waals surface area contributed by atoms with Crippen LogP contribution < -0.4 is 0 Å². The van der Waals surface area contributed by atoms with Gasteiger partial charge in [0.1, 0.15) is 0 Å². The van der Waals surface area contributed by atoms with Crippen molar-refractivity contribution in [1.82, 2.24) is 0 Å². The average Bonchev–Trinajstić information content (AvgIpc) is 2.36. The molecule has 0 spiro atoms. The number of hydrogen-bond donors (Lipinski definition) is 1. The van der Waals surface area contributed by atoms with E-state index in [0.29, 0.717) is 17.8 Å². The van der Waals surface area contributed by atoms with Crippen molar-refractivity contribution in [3.63, 3.8) is 0 Å². The molecule has 0 saturated carbocycles. The summed E-state index contributed by atoms with van der Waals surface area (Å²) in [7, 11) is 1.27. The quantitative estimate of drug-likeness (QED) is 0.620. The second kappa shape index (κ2) is 7.27. The minimum absolute atomic E-state index is 0.214. The lowest BCUT2D eigenvalue weighted by molar-refractivity contribution is -0.141. The fourth-order valence-corrected chi connectivity index (χ4v) is 2.70. The highest BCUT2D eigenvalue weighted by atomic mass is 16.5. The zero-order chi connectivity index (χ0) is 15.3. The van der Waals surface area contributed by atoms with Crippen LogP contribution >= 0.6 is 0 Å². The zero-order valence-electron chi connectivity index (χ0n) is 12.7. The Morgan fingerprint density at radius 1 is 1.45 bits per heavy atom. The van der Waals surface area contributed by atoms with E-state index in [2.05, 4.69) is 31.6 Å². The van der Waals surface area contributed by atoms with Gasteiger partial charge in [-0.15, -0.1) is 0 Å². The molecule has 20 heavy (non-hydrogen) atoms. The SMILES string of the molecule is COC(=O)/C(=C/C1=C[C@H](C)CC[C@@H]1C(C)C)CC(=O)O. The Balaban J connectivity index is 3.10. The van der Waals surface area contributed by atoms with Gasteiger partial charge in [-0.25, -0.2) is 4.79 Å². The molecular weight excluding hydrogens is 256 g/mol. The van der Waals surface area contributed by atoms with E-state index in [4.69, 9.17) is 5.11 Å². The number of esters is 1. The third-order valence-electron chi connectivity index (χ3n) is 3.77. The maximum atomic E-state index is 11.7. The molecule has 4 nitrogen and oxygen atoms in total. The zero-order valence-corrected chi connectivity index (χ0v) is 12.7. The molecule has 0 aromatic rings. The lowest BCUT2D eigenvalue weighted by Gasteiger charge is -2.29. The van der Waals surface area contributed by atoms with Crippen LogP contribution in [0, 0.1) is 17.8 Å². The normalized spacial score (nSPS) is 23.4. The van der Waals surface area contributed by atoms with E-state index in [1.165, 1.54) is 7.11 Å². The van der Waals surface area contributed by atoms with E-state index in [-0.39, 0.29) is 12.0 Å². The Kier molecular flexibility index (Phi) is 5.99. The molecule has 1 aliphatic carbocycles. The standard InChI is InChI=1S/C16H24O4/c1-10(2)14-6-5-11(3)7-12(14)8-13(9-15(17)18)16(19)20-4/h7-8,10-11,14H,5-6,9H2,1-4H3,(H,17,18)/b13-8+/t11-,14-/m1/s1. The van der Waals surface area contributed by atoms with E-state index < -0.39 is 11.9 Å². The first-order valence-corrected chi connectivity index (χ1v) is 7.07. The van der Waals surface area contributed by atoms with E-state index in [1.807, 2.05) is 0 Å². The number of aliphatic carboxylic acids is 1. The van der Waals surface area contributed by atoms with Crippen molar-refractivity contribution in [1.29, 1.82) is 0 Å². The van der Waals surface area contributed by atoms with Crippen LogP contribution in [0.5, 0.6) is 0 Å². The maximum Gasteiger partial charge on any atom is 0.334 e. The highest BCUT2D eigenvalue weighted by molar-refractivity contribution is 5.93. The number of rotatable bonds is 5. The van der Waals surface area contributed by atoms with Crippen molar-refractivity contribution in [2.45, 2.75) is 40.0 Å². The summed E-state index contributed by atoms with van der Waals surface area (Å²) in [4.78, 5) is 22.6. The fourth-order valence-electron chi connectivity index (χ4n) is 2.70. The number of methoxy groups -OCH3 is 1. The number of allylic oxidation sites excluding steroid dienone is 3. The first-order valence-electron chi connectivity index (χ1n) is 7.07. The minimum Gasteiger partial charge on any atom is -0.481 e. The molecule has 2 atom stereocenters. The van der Waals surface area contributed by atoms with Gasteiger partial charge in [0.2, 0.25) is 0 Å². The number of ether oxygens (including phenoxy) is 1. The van der Waals surface area contributed by atoms with Gasteiger partial charge in [0.25, 0.3) is 0 Å². The molecule has 0 aliphatic heterocycles. The molecule has 0 aromatic heterocycles. The second-order valence-corrected chi connectivity index (χ2v) is 5.80. The van der Waals surface area contributed by atoms with Gasteiger partial charge in [0, 0.05) is 5.57 Å². The van der Waals surface area contributed by atoms with Gasteiger partial charge < -0.3 is 9.84 Å². The van der Waals surface area contributed by atoms with Crippen molar-refractivity contribution in [3.05, 3.63) is 23.3 Å². The minimum atomic E-state index is -1.02. The van der Waals surface area contributed by atoms with Gasteiger partial charge in [-0.3, -0.25) is 4.79 Å². The Hall–Kier alpha value is -1.58. The summed E-state index contributed by atoms with van der Waals surface area (Å²) >= 11 is 0. The third kappa shape index (κ3) is 4.51. The van der Waals surface area contributed by atoms with Crippen LogP contribution in [0.2, 0.25) is 0 Å². The first kappa shape index (κ1) is 16.5. The lowest BCUT2D eigenvalue weighted by Crippen LogP contribution is -2.18. The van der Waals surface area contributed by atoms with Crippen LogP contribution in [0.3, 0.4) is 0 Å². The van der Waals surface area contributed by atoms with Crippen molar-refractivity contribution >= 4 is 11.9 Å². The third-order valence-corrected chi connectivity index (χ3v) is 3.77. The number of carbonyl (C=O) groups excluding carboxylic acids is 1. The number of carboxylic acids is 1. The molecule has 0 unspecified atom stereocenters. The number of hydrogen-bond acceptors (Lipinski definition) is 3. The van der Waals surface area contributed by atoms with Crippen LogP contribution in [-0.4, -0.2) is 24.2 Å². The molecule has 0 amide bonds. The Morgan fingerprint density at radius 2 is 2.10 bits per heavy atom. The molecule has 112 valence electrons. The molecule has 0 heterocycles. The topological polar surface area (TPSA) is 63.6 Å². The summed E-state index contributed by atoms with van der Waals surface area (Å²) in [5.74, 6) is -0.283. The predicted octanol–water partition coefficient (Wildman–Crippen LogP) is 3.19. The lowest BCUT2D eigenvalue weighted by atomic mass is 9.76. The van der Waals surface area contributed by atoms with Crippen LogP contribution in [0.25, 0.3) is 0 Å². The molecule has 0 aromatic carbocycles. The van der Waals surface area contributed by atoms with Gasteiger partial charge >= 0.3 is 11.9 Å². The Bertz CT molecular complexity index is 432. The maximum absolute atomic E-state index is 11.7. The van der Waals surface area contributed by atoms with Crippen molar-refractivity contribution in [2.24, 2.45) is 17.8 Å². The van der Waals surface area contributed by atoms with Crippen molar-refractivity contribution < 1.29 is 19.4 Å². The molecule has 0 radical (unpaired) electrons. The molecule has 1 rings (SSSR count). The van der Waals surface area contributed by atoms with Gasteiger partial charge in [-0.2, -0.15) is 0 Å². The van der Waals surface area contributed by atoms with Gasteiger partial charge in [0.15, 0.2) is 0 Å². The summed E-state index contributed by atoms with van der Waals surface area (Å²) in [6.07, 6.45) is 5.78.